The quantitative estimate of drug-likeness (QED) is 0.600. The topological polar surface area (TPSA) is 66.7 Å². The van der Waals surface area contributed by atoms with E-state index in [1.54, 1.807) is 6.33 Å². The normalized spacial score (nSPS) is 16.2. The van der Waals surface area contributed by atoms with Crippen molar-refractivity contribution >= 4 is 11.5 Å². The molecule has 2 aliphatic heterocycles. The van der Waals surface area contributed by atoms with Crippen molar-refractivity contribution in [1.82, 2.24) is 19.9 Å². The molecule has 0 atom stereocenters. The van der Waals surface area contributed by atoms with E-state index in [4.69, 9.17) is 9.73 Å². The van der Waals surface area contributed by atoms with Crippen LogP contribution in [-0.4, -0.2) is 57.8 Å². The van der Waals surface area contributed by atoms with E-state index in [9.17, 15) is 0 Å². The molecule has 1 saturated heterocycles. The Morgan fingerprint density at radius 3 is 2.56 bits per heavy atom. The number of anilines is 1. The highest BCUT2D eigenvalue weighted by Gasteiger charge is 2.23. The fourth-order valence-corrected chi connectivity index (χ4v) is 4.26. The van der Waals surface area contributed by atoms with E-state index in [-0.39, 0.29) is 6.10 Å². The van der Waals surface area contributed by atoms with Crippen LogP contribution in [0.2, 0.25) is 0 Å². The van der Waals surface area contributed by atoms with Crippen LogP contribution in [0.5, 0.6) is 5.75 Å². The van der Waals surface area contributed by atoms with Crippen molar-refractivity contribution in [2.24, 2.45) is 4.99 Å². The third-order valence-corrected chi connectivity index (χ3v) is 5.86. The molecule has 0 amide bonds. The van der Waals surface area contributed by atoms with Crippen molar-refractivity contribution in [2.75, 3.05) is 31.1 Å². The number of aromatic nitrogens is 3. The zero-order valence-corrected chi connectivity index (χ0v) is 18.6. The van der Waals surface area contributed by atoms with E-state index in [0.29, 0.717) is 6.54 Å². The number of hydrogen-bond acceptors (Lipinski definition) is 7. The van der Waals surface area contributed by atoms with Gasteiger partial charge in [-0.3, -0.25) is 14.9 Å². The van der Waals surface area contributed by atoms with Crippen molar-refractivity contribution in [3.05, 3.63) is 77.5 Å². The van der Waals surface area contributed by atoms with Gasteiger partial charge in [0.25, 0.3) is 0 Å². The second-order valence-corrected chi connectivity index (χ2v) is 8.53. The molecule has 7 nitrogen and oxygen atoms in total. The first-order valence-electron chi connectivity index (χ1n) is 11.2. The number of pyridine rings is 1. The second-order valence-electron chi connectivity index (χ2n) is 8.53. The largest absolute Gasteiger partial charge is 0.491 e. The third kappa shape index (κ3) is 4.48. The summed E-state index contributed by atoms with van der Waals surface area (Å²) >= 11 is 0. The lowest BCUT2D eigenvalue weighted by atomic mass is 10.0. The van der Waals surface area contributed by atoms with Gasteiger partial charge in [0.2, 0.25) is 0 Å². The van der Waals surface area contributed by atoms with Gasteiger partial charge < -0.3 is 9.64 Å². The zero-order chi connectivity index (χ0) is 21.9. The lowest BCUT2D eigenvalue weighted by Gasteiger charge is -2.35. The Morgan fingerprint density at radius 2 is 1.78 bits per heavy atom. The summed E-state index contributed by atoms with van der Waals surface area (Å²) in [5.74, 6) is 1.83. The predicted octanol–water partition coefficient (Wildman–Crippen LogP) is 3.33. The van der Waals surface area contributed by atoms with Crippen molar-refractivity contribution in [3.63, 3.8) is 0 Å². The molecule has 5 rings (SSSR count). The molecule has 164 valence electrons. The monoisotopic (exact) mass is 428 g/mol. The first-order chi connectivity index (χ1) is 15.7. The molecule has 3 aromatic rings. The molecular formula is C25H28N6O. The third-order valence-electron chi connectivity index (χ3n) is 5.86. The number of nitrogens with zero attached hydrogens (tertiary/aromatic N) is 6. The summed E-state index contributed by atoms with van der Waals surface area (Å²) in [6, 6.07) is 12.5. The van der Waals surface area contributed by atoms with E-state index in [0.717, 1.165) is 61.3 Å². The summed E-state index contributed by atoms with van der Waals surface area (Å²) in [5.41, 5.74) is 5.41. The minimum absolute atomic E-state index is 0.137. The molecule has 2 aromatic heterocycles. The molecule has 1 aromatic carbocycles. The highest BCUT2D eigenvalue weighted by Crippen LogP contribution is 2.28. The number of rotatable bonds is 6. The number of benzene rings is 1. The standard InChI is InChI=1S/C25H28N6O/c1-18(2)32-21-4-3-20-15-27-25(22(20)13-21)23-14-24(29-17-28-23)31-11-9-30(10-12-31)16-19-5-7-26-8-6-19/h3-8,13-14,17-18H,9-12,15-16H2,1-2H3. The molecule has 2 aliphatic rings. The van der Waals surface area contributed by atoms with Crippen molar-refractivity contribution < 1.29 is 4.74 Å². The summed E-state index contributed by atoms with van der Waals surface area (Å²) < 4.78 is 5.89. The van der Waals surface area contributed by atoms with E-state index in [2.05, 4.69) is 55.1 Å². The smallest absolute Gasteiger partial charge is 0.132 e. The van der Waals surface area contributed by atoms with Crippen LogP contribution in [0.15, 0.2) is 60.1 Å². The number of piperazine rings is 1. The average molecular weight is 429 g/mol. The van der Waals surface area contributed by atoms with Crippen LogP contribution in [0.3, 0.4) is 0 Å². The average Bonchev–Trinajstić information content (AvgIpc) is 3.23. The maximum Gasteiger partial charge on any atom is 0.132 e. The SMILES string of the molecule is CC(C)Oc1ccc2c(c1)C(c1cc(N3CCN(Cc4ccncc4)CC3)ncn1)=NC2. The number of aliphatic imine (C=N–C) groups is 1. The summed E-state index contributed by atoms with van der Waals surface area (Å²) in [5, 5.41) is 0. The van der Waals surface area contributed by atoms with Gasteiger partial charge in [-0.1, -0.05) is 6.07 Å². The Hall–Kier alpha value is -3.32. The fraction of sp³-hybridized carbons (Fsp3) is 0.360. The molecule has 0 radical (unpaired) electrons. The highest BCUT2D eigenvalue weighted by molar-refractivity contribution is 6.14. The lowest BCUT2D eigenvalue weighted by molar-refractivity contribution is 0.242. The molecule has 0 unspecified atom stereocenters. The lowest BCUT2D eigenvalue weighted by Crippen LogP contribution is -2.46. The van der Waals surface area contributed by atoms with E-state index < -0.39 is 0 Å². The van der Waals surface area contributed by atoms with Gasteiger partial charge in [0, 0.05) is 56.7 Å². The van der Waals surface area contributed by atoms with Gasteiger partial charge in [-0.05, 0) is 49.2 Å². The second kappa shape index (κ2) is 9.04. The minimum Gasteiger partial charge on any atom is -0.491 e. The van der Waals surface area contributed by atoms with E-state index >= 15 is 0 Å². The molecule has 0 N–H and O–H groups in total. The van der Waals surface area contributed by atoms with Crippen LogP contribution in [0.25, 0.3) is 0 Å². The molecule has 7 heteroatoms. The maximum absolute atomic E-state index is 5.89. The van der Waals surface area contributed by atoms with Gasteiger partial charge in [0.15, 0.2) is 0 Å². The van der Waals surface area contributed by atoms with E-state index in [1.807, 2.05) is 32.3 Å². The van der Waals surface area contributed by atoms with Gasteiger partial charge >= 0.3 is 0 Å². The van der Waals surface area contributed by atoms with Crippen molar-refractivity contribution in [1.29, 1.82) is 0 Å². The van der Waals surface area contributed by atoms with E-state index in [1.165, 1.54) is 11.1 Å². The van der Waals surface area contributed by atoms with Crippen LogP contribution in [0, 0.1) is 0 Å². The summed E-state index contributed by atoms with van der Waals surface area (Å²) in [6.07, 6.45) is 5.51. The Labute approximate surface area is 188 Å². The maximum atomic E-state index is 5.89. The van der Waals surface area contributed by atoms with Gasteiger partial charge in [-0.25, -0.2) is 9.97 Å². The number of ether oxygens (including phenoxy) is 1. The summed E-state index contributed by atoms with van der Waals surface area (Å²) in [4.78, 5) is 22.8. The van der Waals surface area contributed by atoms with Gasteiger partial charge in [0.05, 0.1) is 24.1 Å². The van der Waals surface area contributed by atoms with Crippen LogP contribution >= 0.6 is 0 Å². The predicted molar refractivity (Wildman–Crippen MR) is 125 cm³/mol. The van der Waals surface area contributed by atoms with Crippen molar-refractivity contribution in [2.45, 2.75) is 33.0 Å². The van der Waals surface area contributed by atoms with Crippen LogP contribution in [0.4, 0.5) is 5.82 Å². The Bertz CT molecular complexity index is 1110. The Kier molecular flexibility index (Phi) is 5.81. The van der Waals surface area contributed by atoms with Crippen molar-refractivity contribution in [3.8, 4) is 5.75 Å². The molecule has 0 aliphatic carbocycles. The minimum atomic E-state index is 0.137. The first-order valence-corrected chi connectivity index (χ1v) is 11.2. The van der Waals surface area contributed by atoms with Crippen LogP contribution < -0.4 is 9.64 Å². The molecule has 0 bridgehead atoms. The number of hydrogen-bond donors (Lipinski definition) is 0. The van der Waals surface area contributed by atoms with Crippen LogP contribution in [-0.2, 0) is 13.1 Å². The molecular weight excluding hydrogens is 400 g/mol. The molecule has 4 heterocycles. The van der Waals surface area contributed by atoms with Crippen LogP contribution in [0.1, 0.15) is 36.2 Å². The molecule has 1 fully saturated rings. The van der Waals surface area contributed by atoms with Gasteiger partial charge in [-0.15, -0.1) is 0 Å². The molecule has 32 heavy (non-hydrogen) atoms. The Balaban J connectivity index is 1.28. The number of fused-ring (bicyclic) bond motifs is 1. The first kappa shape index (κ1) is 20.6. The highest BCUT2D eigenvalue weighted by atomic mass is 16.5. The van der Waals surface area contributed by atoms with Gasteiger partial charge in [-0.2, -0.15) is 0 Å². The summed E-state index contributed by atoms with van der Waals surface area (Å²) in [7, 11) is 0. The summed E-state index contributed by atoms with van der Waals surface area (Å²) in [6.45, 7) is 9.60. The Morgan fingerprint density at radius 1 is 0.969 bits per heavy atom. The van der Waals surface area contributed by atoms with Gasteiger partial charge in [0.1, 0.15) is 17.9 Å². The molecule has 0 saturated carbocycles. The fourth-order valence-electron chi connectivity index (χ4n) is 4.26. The molecule has 0 spiro atoms. The zero-order valence-electron chi connectivity index (χ0n) is 18.6.